The Morgan fingerprint density at radius 2 is 2.04 bits per heavy atom. The summed E-state index contributed by atoms with van der Waals surface area (Å²) in [5, 5.41) is 5.66. The van der Waals surface area contributed by atoms with Gasteiger partial charge in [-0.05, 0) is 30.7 Å². The average molecular weight is 396 g/mol. The zero-order valence-corrected chi connectivity index (χ0v) is 14.9. The van der Waals surface area contributed by atoms with E-state index in [0.717, 1.165) is 17.2 Å². The molecule has 142 valence electrons. The lowest BCUT2D eigenvalue weighted by Crippen LogP contribution is -2.43. The van der Waals surface area contributed by atoms with E-state index in [4.69, 9.17) is 4.42 Å². The highest BCUT2D eigenvalue weighted by Crippen LogP contribution is 2.32. The lowest BCUT2D eigenvalue weighted by Gasteiger charge is -2.19. The maximum absolute atomic E-state index is 12.6. The van der Waals surface area contributed by atoms with Crippen molar-refractivity contribution in [2.24, 2.45) is 0 Å². The number of hydrogen-bond acceptors (Lipinski definition) is 5. The third-order valence-corrected chi connectivity index (χ3v) is 4.85. The molecule has 0 saturated heterocycles. The summed E-state index contributed by atoms with van der Waals surface area (Å²) in [6.45, 7) is 1.61. The molecule has 2 atom stereocenters. The molecular weight excluding hydrogens is 381 g/mol. The van der Waals surface area contributed by atoms with E-state index in [1.54, 1.807) is 43.3 Å². The van der Waals surface area contributed by atoms with E-state index in [2.05, 4.69) is 10.6 Å². The number of rotatable bonds is 5. The van der Waals surface area contributed by atoms with Gasteiger partial charge in [0, 0.05) is 11.0 Å². The number of furan rings is 1. The van der Waals surface area contributed by atoms with Crippen molar-refractivity contribution in [3.8, 4) is 0 Å². The Kier molecular flexibility index (Phi) is 5.31. The smallest absolute Gasteiger partial charge is 0.431 e. The number of nitrogens with one attached hydrogen (secondary N) is 2. The first-order chi connectivity index (χ1) is 12.8. The maximum Gasteiger partial charge on any atom is 0.431 e. The van der Waals surface area contributed by atoms with Gasteiger partial charge in [-0.3, -0.25) is 9.59 Å². The normalized spacial score (nSPS) is 17.8. The summed E-state index contributed by atoms with van der Waals surface area (Å²) in [6.07, 6.45) is -3.10. The first-order valence-corrected chi connectivity index (χ1v) is 8.88. The van der Waals surface area contributed by atoms with E-state index in [9.17, 15) is 22.8 Å². The van der Waals surface area contributed by atoms with E-state index in [0.29, 0.717) is 11.1 Å². The largest absolute Gasteiger partial charge is 0.461 e. The molecule has 2 N–H and O–H groups in total. The molecule has 1 aromatic heterocycles. The highest BCUT2D eigenvalue weighted by Gasteiger charge is 2.38. The molecule has 2 aromatic rings. The van der Waals surface area contributed by atoms with Gasteiger partial charge < -0.3 is 15.1 Å². The molecule has 0 aliphatic carbocycles. The van der Waals surface area contributed by atoms with Gasteiger partial charge in [-0.2, -0.15) is 13.2 Å². The van der Waals surface area contributed by atoms with Crippen LogP contribution in [0.5, 0.6) is 0 Å². The monoisotopic (exact) mass is 396 g/mol. The third-order valence-electron chi connectivity index (χ3n) is 3.97. The predicted molar refractivity (Wildman–Crippen MR) is 93.8 cm³/mol. The van der Waals surface area contributed by atoms with Crippen LogP contribution in [0.2, 0.25) is 0 Å². The van der Waals surface area contributed by atoms with Gasteiger partial charge in [-0.1, -0.05) is 30.0 Å². The van der Waals surface area contributed by atoms with E-state index in [1.807, 2.05) is 0 Å². The molecule has 5 nitrogen and oxygen atoms in total. The zero-order chi connectivity index (χ0) is 19.6. The Balaban J connectivity index is 1.66. The van der Waals surface area contributed by atoms with E-state index in [1.165, 1.54) is 6.26 Å². The first-order valence-electron chi connectivity index (χ1n) is 7.93. The van der Waals surface area contributed by atoms with E-state index in [-0.39, 0.29) is 11.5 Å². The maximum atomic E-state index is 12.6. The Morgan fingerprint density at radius 1 is 1.26 bits per heavy atom. The van der Waals surface area contributed by atoms with E-state index < -0.39 is 29.2 Å². The number of benzene rings is 1. The van der Waals surface area contributed by atoms with Crippen LogP contribution < -0.4 is 10.6 Å². The van der Waals surface area contributed by atoms with Gasteiger partial charge in [0.15, 0.2) is 11.3 Å². The minimum absolute atomic E-state index is 0.182. The molecule has 0 spiro atoms. The van der Waals surface area contributed by atoms with Crippen LogP contribution in [-0.2, 0) is 4.79 Å². The molecule has 2 heterocycles. The molecule has 1 amide bonds. The summed E-state index contributed by atoms with van der Waals surface area (Å²) in [5.41, 5.74) is -0.866. The van der Waals surface area contributed by atoms with Gasteiger partial charge >= 0.3 is 6.18 Å². The van der Waals surface area contributed by atoms with Crippen LogP contribution in [0.25, 0.3) is 0 Å². The van der Waals surface area contributed by atoms with Crippen molar-refractivity contribution < 1.29 is 27.2 Å². The summed E-state index contributed by atoms with van der Waals surface area (Å²) in [4.78, 5) is 24.7. The number of thioether (sulfide) groups is 1. The van der Waals surface area contributed by atoms with Crippen LogP contribution in [0.3, 0.4) is 0 Å². The summed E-state index contributed by atoms with van der Waals surface area (Å²) in [7, 11) is 0. The Labute approximate surface area is 157 Å². The number of halogens is 3. The molecule has 1 aliphatic heterocycles. The first kappa shape index (κ1) is 19.1. The molecule has 3 rings (SSSR count). The lowest BCUT2D eigenvalue weighted by molar-refractivity contribution is -0.123. The minimum Gasteiger partial charge on any atom is -0.461 e. The summed E-state index contributed by atoms with van der Waals surface area (Å²) in [6, 6.07) is 9.64. The van der Waals surface area contributed by atoms with E-state index >= 15 is 0 Å². The van der Waals surface area contributed by atoms with Crippen molar-refractivity contribution in [3.63, 3.8) is 0 Å². The van der Waals surface area contributed by atoms with Crippen molar-refractivity contribution in [2.75, 3.05) is 0 Å². The fourth-order valence-corrected chi connectivity index (χ4v) is 3.32. The molecule has 0 fully saturated rings. The highest BCUT2D eigenvalue weighted by molar-refractivity contribution is 8.02. The molecule has 2 unspecified atom stereocenters. The number of amides is 1. The van der Waals surface area contributed by atoms with Crippen molar-refractivity contribution in [2.45, 2.75) is 24.5 Å². The van der Waals surface area contributed by atoms with Crippen LogP contribution in [0, 0.1) is 0 Å². The molecule has 9 heteroatoms. The van der Waals surface area contributed by atoms with Crippen LogP contribution in [0.15, 0.2) is 58.2 Å². The number of ketones is 1. The second-order valence-corrected chi connectivity index (χ2v) is 6.83. The van der Waals surface area contributed by atoms with Crippen LogP contribution in [0.4, 0.5) is 13.2 Å². The predicted octanol–water partition coefficient (Wildman–Crippen LogP) is 3.75. The van der Waals surface area contributed by atoms with Crippen LogP contribution in [0.1, 0.15) is 34.5 Å². The molecule has 1 aliphatic rings. The van der Waals surface area contributed by atoms with Gasteiger partial charge in [-0.25, -0.2) is 0 Å². The topological polar surface area (TPSA) is 71.3 Å². The molecule has 0 bridgehead atoms. The standard InChI is InChI=1S/C18H15F3N2O3S/c1-10(16(25)23-17-22-14(9-27-17)18(19,20)21)11-4-2-5-12(8-11)15(24)13-6-3-7-26-13/h2-10,17,22H,1H3,(H,23,25). The number of carbonyl (C=O) groups is 2. The van der Waals surface area contributed by atoms with Crippen molar-refractivity contribution >= 4 is 23.5 Å². The van der Waals surface area contributed by atoms with Gasteiger partial charge in [-0.15, -0.1) is 0 Å². The Morgan fingerprint density at radius 3 is 2.67 bits per heavy atom. The van der Waals surface area contributed by atoms with Gasteiger partial charge in [0.05, 0.1) is 12.2 Å². The fourth-order valence-electron chi connectivity index (χ4n) is 2.47. The quantitative estimate of drug-likeness (QED) is 0.754. The third kappa shape index (κ3) is 4.36. The Bertz CT molecular complexity index is 878. The minimum atomic E-state index is -4.49. The van der Waals surface area contributed by atoms with Crippen LogP contribution in [-0.4, -0.2) is 23.4 Å². The molecule has 0 radical (unpaired) electrons. The van der Waals surface area contributed by atoms with Crippen molar-refractivity contribution in [1.29, 1.82) is 0 Å². The number of alkyl halides is 3. The second kappa shape index (κ2) is 7.51. The highest BCUT2D eigenvalue weighted by atomic mass is 32.2. The van der Waals surface area contributed by atoms with Gasteiger partial charge in [0.25, 0.3) is 0 Å². The SMILES string of the molecule is CC(C(=O)NC1NC(C(F)(F)F)=CS1)c1cccc(C(=O)c2ccco2)c1. The number of carbonyl (C=O) groups excluding carboxylic acids is 2. The second-order valence-electron chi connectivity index (χ2n) is 5.85. The van der Waals surface area contributed by atoms with Gasteiger partial charge in [0.1, 0.15) is 5.70 Å². The number of hydrogen-bond donors (Lipinski definition) is 2. The Hall–Kier alpha value is -2.68. The fraction of sp³-hybridized carbons (Fsp3) is 0.222. The van der Waals surface area contributed by atoms with Crippen molar-refractivity contribution in [3.05, 3.63) is 70.7 Å². The van der Waals surface area contributed by atoms with Crippen molar-refractivity contribution in [1.82, 2.24) is 10.6 Å². The average Bonchev–Trinajstić information content (AvgIpc) is 3.32. The molecule has 1 aromatic carbocycles. The molecule has 27 heavy (non-hydrogen) atoms. The summed E-state index contributed by atoms with van der Waals surface area (Å²) < 4.78 is 43.0. The summed E-state index contributed by atoms with van der Waals surface area (Å²) >= 11 is 0.833. The molecule has 0 saturated carbocycles. The lowest BCUT2D eigenvalue weighted by atomic mass is 9.96. The van der Waals surface area contributed by atoms with Gasteiger partial charge in [0.2, 0.25) is 11.7 Å². The summed E-state index contributed by atoms with van der Waals surface area (Å²) in [5.74, 6) is -1.26. The number of allylic oxidation sites excluding steroid dienone is 1. The zero-order valence-electron chi connectivity index (χ0n) is 14.0. The molecular formula is C18H15F3N2O3S. The van der Waals surface area contributed by atoms with Crippen LogP contribution >= 0.6 is 11.8 Å².